The molecule has 1 aliphatic rings. The van der Waals surface area contributed by atoms with Gasteiger partial charge in [0.1, 0.15) is 17.5 Å². The molecule has 200 valence electrons. The number of aryl methyl sites for hydroxylation is 1. The highest BCUT2D eigenvalue weighted by atomic mass is 35.5. The molecule has 39 heavy (non-hydrogen) atoms. The third-order valence-corrected chi connectivity index (χ3v) is 7.42. The van der Waals surface area contributed by atoms with Gasteiger partial charge in [-0.3, -0.25) is 4.79 Å². The summed E-state index contributed by atoms with van der Waals surface area (Å²) in [5.41, 5.74) is 1.74. The smallest absolute Gasteiger partial charge is 0.350 e. The predicted molar refractivity (Wildman–Crippen MR) is 153 cm³/mol. The summed E-state index contributed by atoms with van der Waals surface area (Å²) in [6.07, 6.45) is 4.55. The zero-order valence-corrected chi connectivity index (χ0v) is 22.7. The van der Waals surface area contributed by atoms with E-state index < -0.39 is 11.5 Å². The van der Waals surface area contributed by atoms with Crippen LogP contribution in [0.3, 0.4) is 0 Å². The lowest BCUT2D eigenvalue weighted by Gasteiger charge is -2.40. The zero-order chi connectivity index (χ0) is 27.7. The minimum Gasteiger partial charge on any atom is -0.350 e. The number of hydrogen-bond donors (Lipinski definition) is 0. The Balaban J connectivity index is 1.77. The van der Waals surface area contributed by atoms with Gasteiger partial charge in [0.15, 0.2) is 0 Å². The monoisotopic (exact) mass is 545 g/mol. The molecule has 0 spiro atoms. The Kier molecular flexibility index (Phi) is 7.48. The molecule has 1 aliphatic heterocycles. The van der Waals surface area contributed by atoms with E-state index in [0.717, 1.165) is 18.4 Å². The molecule has 5 rings (SSSR count). The Morgan fingerprint density at radius 3 is 2.67 bits per heavy atom. The minimum atomic E-state index is -0.493. The standard InChI is InChI=1S/C30H29ClFN5O2/c1-4-9-20-10-8-13-33-28(20)37-26-17-22(21-11-6-7-12-25(21)32)24(31)16-23(26)29(34-30(37)39)36-15-14-35(18-19(36)3)27(38)5-2/h5-8,10-13,16-17,19H,2,4,9,14-15,18H2,1,3H3/t19-/m0/s1. The van der Waals surface area contributed by atoms with Gasteiger partial charge in [0.25, 0.3) is 0 Å². The van der Waals surface area contributed by atoms with Crippen LogP contribution in [-0.4, -0.2) is 51.0 Å². The maximum Gasteiger partial charge on any atom is 0.355 e. The lowest BCUT2D eigenvalue weighted by molar-refractivity contribution is -0.126. The van der Waals surface area contributed by atoms with Gasteiger partial charge in [0.05, 0.1) is 5.52 Å². The topological polar surface area (TPSA) is 71.3 Å². The van der Waals surface area contributed by atoms with Gasteiger partial charge < -0.3 is 9.80 Å². The highest BCUT2D eigenvalue weighted by Crippen LogP contribution is 2.37. The van der Waals surface area contributed by atoms with Crippen molar-refractivity contribution in [2.24, 2.45) is 0 Å². The molecule has 0 saturated carbocycles. The van der Waals surface area contributed by atoms with Crippen molar-refractivity contribution in [2.75, 3.05) is 24.5 Å². The molecule has 1 amide bonds. The molecule has 1 saturated heterocycles. The number of piperazine rings is 1. The second kappa shape index (κ2) is 11.0. The number of benzene rings is 2. The average Bonchev–Trinajstić information content (AvgIpc) is 2.93. The number of amides is 1. The third kappa shape index (κ3) is 4.92. The predicted octanol–water partition coefficient (Wildman–Crippen LogP) is 5.42. The number of rotatable bonds is 6. The van der Waals surface area contributed by atoms with Crippen LogP contribution < -0.4 is 10.6 Å². The van der Waals surface area contributed by atoms with E-state index in [9.17, 15) is 14.0 Å². The number of anilines is 1. The first kappa shape index (κ1) is 26.6. The van der Waals surface area contributed by atoms with Crippen molar-refractivity contribution < 1.29 is 9.18 Å². The number of halogens is 2. The molecule has 3 heterocycles. The van der Waals surface area contributed by atoms with Crippen LogP contribution in [0.1, 0.15) is 25.8 Å². The quantitative estimate of drug-likeness (QED) is 0.303. The van der Waals surface area contributed by atoms with E-state index in [-0.39, 0.29) is 11.9 Å². The van der Waals surface area contributed by atoms with Crippen molar-refractivity contribution in [3.63, 3.8) is 0 Å². The van der Waals surface area contributed by atoms with Crippen molar-refractivity contribution in [1.29, 1.82) is 0 Å². The summed E-state index contributed by atoms with van der Waals surface area (Å²) in [4.78, 5) is 38.9. The van der Waals surface area contributed by atoms with Gasteiger partial charge in [0, 0.05) is 53.4 Å². The van der Waals surface area contributed by atoms with Crippen molar-refractivity contribution in [3.8, 4) is 16.9 Å². The van der Waals surface area contributed by atoms with Crippen molar-refractivity contribution in [2.45, 2.75) is 32.7 Å². The molecular weight excluding hydrogens is 517 g/mol. The molecule has 0 aliphatic carbocycles. The Morgan fingerprint density at radius 1 is 1.15 bits per heavy atom. The molecule has 9 heteroatoms. The fraction of sp³-hybridized carbons (Fsp3) is 0.267. The number of carbonyl (C=O) groups excluding carboxylic acids is 1. The van der Waals surface area contributed by atoms with Crippen LogP contribution in [-0.2, 0) is 11.2 Å². The zero-order valence-electron chi connectivity index (χ0n) is 21.9. The van der Waals surface area contributed by atoms with E-state index in [2.05, 4.69) is 23.5 Å². The molecule has 0 bridgehead atoms. The minimum absolute atomic E-state index is 0.121. The van der Waals surface area contributed by atoms with Crippen LogP contribution in [0.2, 0.25) is 5.02 Å². The van der Waals surface area contributed by atoms with Gasteiger partial charge in [0.2, 0.25) is 5.91 Å². The van der Waals surface area contributed by atoms with E-state index in [1.807, 2.05) is 24.0 Å². The number of fused-ring (bicyclic) bond motifs is 1. The lowest BCUT2D eigenvalue weighted by Crippen LogP contribution is -2.54. The number of aromatic nitrogens is 3. The van der Waals surface area contributed by atoms with Crippen LogP contribution in [0.15, 0.2) is 72.2 Å². The average molecular weight is 546 g/mol. The first-order valence-electron chi connectivity index (χ1n) is 13.0. The summed E-state index contributed by atoms with van der Waals surface area (Å²) in [5.74, 6) is 0.415. The summed E-state index contributed by atoms with van der Waals surface area (Å²) < 4.78 is 16.4. The van der Waals surface area contributed by atoms with Gasteiger partial charge >= 0.3 is 5.69 Å². The second-order valence-corrected chi connectivity index (χ2v) is 10.1. The molecule has 1 fully saturated rings. The molecule has 7 nitrogen and oxygen atoms in total. The summed E-state index contributed by atoms with van der Waals surface area (Å²) in [5, 5.41) is 0.979. The normalized spacial score (nSPS) is 15.5. The van der Waals surface area contributed by atoms with Crippen molar-refractivity contribution >= 4 is 34.2 Å². The number of carbonyl (C=O) groups is 1. The fourth-order valence-corrected chi connectivity index (χ4v) is 5.50. The number of nitrogens with zero attached hydrogens (tertiary/aromatic N) is 5. The maximum atomic E-state index is 14.9. The fourth-order valence-electron chi connectivity index (χ4n) is 5.24. The molecule has 2 aromatic carbocycles. The molecule has 2 aromatic heterocycles. The Morgan fingerprint density at radius 2 is 1.95 bits per heavy atom. The van der Waals surface area contributed by atoms with Crippen LogP contribution in [0.4, 0.5) is 10.2 Å². The van der Waals surface area contributed by atoms with Crippen LogP contribution >= 0.6 is 11.6 Å². The molecule has 4 aromatic rings. The number of hydrogen-bond acceptors (Lipinski definition) is 5. The molecular formula is C30H29ClFN5O2. The van der Waals surface area contributed by atoms with Crippen LogP contribution in [0, 0.1) is 5.82 Å². The molecule has 1 atom stereocenters. The Bertz CT molecular complexity index is 1640. The molecule has 0 radical (unpaired) electrons. The van der Waals surface area contributed by atoms with E-state index in [0.29, 0.717) is 58.3 Å². The molecule has 0 N–H and O–H groups in total. The van der Waals surface area contributed by atoms with Gasteiger partial charge in [-0.1, -0.05) is 55.8 Å². The van der Waals surface area contributed by atoms with Crippen LogP contribution in [0.25, 0.3) is 27.8 Å². The van der Waals surface area contributed by atoms with E-state index in [1.165, 1.54) is 16.7 Å². The summed E-state index contributed by atoms with van der Waals surface area (Å²) in [6, 6.07) is 13.6. The largest absolute Gasteiger partial charge is 0.355 e. The highest BCUT2D eigenvalue weighted by Gasteiger charge is 2.29. The highest BCUT2D eigenvalue weighted by molar-refractivity contribution is 6.34. The van der Waals surface area contributed by atoms with E-state index in [4.69, 9.17) is 11.6 Å². The molecule has 0 unspecified atom stereocenters. The van der Waals surface area contributed by atoms with Crippen molar-refractivity contribution in [1.82, 2.24) is 19.4 Å². The van der Waals surface area contributed by atoms with Crippen molar-refractivity contribution in [3.05, 3.63) is 94.3 Å². The summed E-state index contributed by atoms with van der Waals surface area (Å²) in [6.45, 7) is 9.03. The SMILES string of the molecule is C=CC(=O)N1CCN(c2nc(=O)n(-c3ncccc3CCC)c3cc(-c4ccccc4F)c(Cl)cc23)[C@@H](C)C1. The third-order valence-electron chi connectivity index (χ3n) is 7.11. The second-order valence-electron chi connectivity index (χ2n) is 9.65. The van der Waals surface area contributed by atoms with Gasteiger partial charge in [-0.15, -0.1) is 0 Å². The van der Waals surface area contributed by atoms with E-state index in [1.54, 1.807) is 41.4 Å². The first-order chi connectivity index (χ1) is 18.8. The Hall–Kier alpha value is -4.04. The van der Waals surface area contributed by atoms with Gasteiger partial charge in [-0.25, -0.2) is 18.7 Å². The summed E-state index contributed by atoms with van der Waals surface area (Å²) >= 11 is 6.78. The van der Waals surface area contributed by atoms with Gasteiger partial charge in [-0.05, 0) is 49.2 Å². The Labute approximate surface area is 231 Å². The first-order valence-corrected chi connectivity index (χ1v) is 13.3. The van der Waals surface area contributed by atoms with E-state index >= 15 is 0 Å². The maximum absolute atomic E-state index is 14.9. The lowest BCUT2D eigenvalue weighted by atomic mass is 10.0. The van der Waals surface area contributed by atoms with Crippen LogP contribution in [0.5, 0.6) is 0 Å². The van der Waals surface area contributed by atoms with Gasteiger partial charge in [-0.2, -0.15) is 4.98 Å². The summed E-state index contributed by atoms with van der Waals surface area (Å²) in [7, 11) is 0. The number of pyridine rings is 1.